The lowest BCUT2D eigenvalue weighted by atomic mass is 10.1. The maximum Gasteiger partial charge on any atom is 0.416 e. The lowest BCUT2D eigenvalue weighted by molar-refractivity contribution is -0.137. The fourth-order valence-corrected chi connectivity index (χ4v) is 6.13. The average Bonchev–Trinajstić information content (AvgIpc) is 3.10. The Morgan fingerprint density at radius 2 is 1.38 bits per heavy atom. The van der Waals surface area contributed by atoms with Crippen molar-refractivity contribution in [2.75, 3.05) is 10.6 Å². The van der Waals surface area contributed by atoms with Crippen LogP contribution in [-0.4, -0.2) is 17.7 Å². The van der Waals surface area contributed by atoms with E-state index in [1.165, 1.54) is 6.08 Å². The van der Waals surface area contributed by atoms with Crippen LogP contribution in [0.5, 0.6) is 0 Å². The number of alkyl halides is 3. The monoisotopic (exact) mass is 753 g/mol. The first-order valence-corrected chi connectivity index (χ1v) is 16.7. The van der Waals surface area contributed by atoms with E-state index in [9.17, 15) is 27.6 Å². The van der Waals surface area contributed by atoms with E-state index in [0.29, 0.717) is 27.3 Å². The number of anilines is 2. The van der Waals surface area contributed by atoms with Crippen molar-refractivity contribution in [3.05, 3.63) is 164 Å². The zero-order valence-electron chi connectivity index (χ0n) is 25.6. The lowest BCUT2D eigenvalue weighted by Gasteiger charge is -2.19. The lowest BCUT2D eigenvalue weighted by Crippen LogP contribution is -2.30. The highest BCUT2D eigenvalue weighted by atomic mass is 35.5. The normalized spacial score (nSPS) is 12.2. The zero-order chi connectivity index (χ0) is 35.8. The molecular weight excluding hydrogens is 730 g/mol. The topological polar surface area (TPSA) is 87.3 Å². The van der Waals surface area contributed by atoms with Crippen LogP contribution in [0.3, 0.4) is 0 Å². The van der Waals surface area contributed by atoms with Gasteiger partial charge in [0.1, 0.15) is 10.9 Å². The van der Waals surface area contributed by atoms with Gasteiger partial charge < -0.3 is 16.0 Å². The van der Waals surface area contributed by atoms with E-state index in [4.69, 9.17) is 34.8 Å². The highest BCUT2D eigenvalue weighted by molar-refractivity contribution is 8.00. The van der Waals surface area contributed by atoms with Crippen molar-refractivity contribution in [3.8, 4) is 0 Å². The number of halogens is 6. The van der Waals surface area contributed by atoms with Crippen molar-refractivity contribution in [2.45, 2.75) is 16.3 Å². The van der Waals surface area contributed by atoms with Gasteiger partial charge in [0.25, 0.3) is 11.8 Å². The summed E-state index contributed by atoms with van der Waals surface area (Å²) in [5.41, 5.74) is 0.473. The molecule has 0 saturated carbocycles. The van der Waals surface area contributed by atoms with Crippen molar-refractivity contribution in [1.29, 1.82) is 0 Å². The Labute approximate surface area is 304 Å². The van der Waals surface area contributed by atoms with E-state index >= 15 is 0 Å². The van der Waals surface area contributed by atoms with Gasteiger partial charge in [0, 0.05) is 16.1 Å². The smallest absolute Gasteiger partial charge is 0.323 e. The molecule has 1 unspecified atom stereocenters. The highest BCUT2D eigenvalue weighted by Gasteiger charge is 2.32. The molecule has 3 N–H and O–H groups in total. The molecule has 0 aliphatic heterocycles. The predicted molar refractivity (Wildman–Crippen MR) is 194 cm³/mol. The number of hydrogen-bond acceptors (Lipinski definition) is 4. The average molecular weight is 755 g/mol. The van der Waals surface area contributed by atoms with Crippen molar-refractivity contribution < 1.29 is 27.6 Å². The summed E-state index contributed by atoms with van der Waals surface area (Å²) >= 11 is 19.8. The summed E-state index contributed by atoms with van der Waals surface area (Å²) in [5.74, 6) is -1.76. The van der Waals surface area contributed by atoms with Crippen LogP contribution < -0.4 is 16.0 Å². The fourth-order valence-electron chi connectivity index (χ4n) is 4.58. The van der Waals surface area contributed by atoms with E-state index < -0.39 is 34.7 Å². The number of carbonyl (C=O) groups is 3. The molecule has 0 bridgehead atoms. The number of thioether (sulfide) groups is 1. The molecule has 5 aromatic carbocycles. The molecular formula is C37H25Cl3F3N3O3S. The SMILES string of the molecule is O=C(Nc1ccc(SC(C(=O)Nc2cc(C(F)(F)F)ccc2Cl)c2ccccc2)cc1)/C(=C/c1cccc(Cl)c1Cl)NC(=O)c1ccccc1. The summed E-state index contributed by atoms with van der Waals surface area (Å²) in [6, 6.07) is 31.2. The third-order valence-electron chi connectivity index (χ3n) is 7.07. The Morgan fingerprint density at radius 1 is 0.720 bits per heavy atom. The second-order valence-corrected chi connectivity index (χ2v) is 13.0. The van der Waals surface area contributed by atoms with E-state index in [1.54, 1.807) is 103 Å². The summed E-state index contributed by atoms with van der Waals surface area (Å²) in [4.78, 5) is 40.6. The molecule has 1 atom stereocenters. The third kappa shape index (κ3) is 9.48. The van der Waals surface area contributed by atoms with Crippen molar-refractivity contribution in [1.82, 2.24) is 5.32 Å². The summed E-state index contributed by atoms with van der Waals surface area (Å²) in [7, 11) is 0. The molecule has 0 radical (unpaired) electrons. The van der Waals surface area contributed by atoms with E-state index in [0.717, 1.165) is 30.0 Å². The maximum atomic E-state index is 13.5. The van der Waals surface area contributed by atoms with Gasteiger partial charge in [-0.3, -0.25) is 14.4 Å². The van der Waals surface area contributed by atoms with Crippen molar-refractivity contribution >= 4 is 81.7 Å². The van der Waals surface area contributed by atoms with Crippen LogP contribution in [0, 0.1) is 0 Å². The van der Waals surface area contributed by atoms with Crippen LogP contribution in [0.15, 0.2) is 132 Å². The fraction of sp³-hybridized carbons (Fsp3) is 0.0541. The van der Waals surface area contributed by atoms with Crippen molar-refractivity contribution in [2.24, 2.45) is 0 Å². The number of benzene rings is 5. The van der Waals surface area contributed by atoms with Gasteiger partial charge in [0.2, 0.25) is 5.91 Å². The molecule has 0 saturated heterocycles. The van der Waals surface area contributed by atoms with Gasteiger partial charge in [0.05, 0.1) is 26.3 Å². The minimum absolute atomic E-state index is 0.0470. The van der Waals surface area contributed by atoms with Crippen LogP contribution in [0.25, 0.3) is 6.08 Å². The zero-order valence-corrected chi connectivity index (χ0v) is 28.7. The van der Waals surface area contributed by atoms with Gasteiger partial charge in [-0.25, -0.2) is 0 Å². The summed E-state index contributed by atoms with van der Waals surface area (Å²) in [5, 5.41) is 7.46. The van der Waals surface area contributed by atoms with Gasteiger partial charge in [-0.05, 0) is 77.9 Å². The van der Waals surface area contributed by atoms with Gasteiger partial charge in [-0.15, -0.1) is 11.8 Å². The maximum absolute atomic E-state index is 13.5. The Kier molecular flexibility index (Phi) is 11.9. The number of amides is 3. The molecule has 0 heterocycles. The first-order chi connectivity index (χ1) is 23.9. The number of carbonyl (C=O) groups excluding carboxylic acids is 3. The molecule has 3 amide bonds. The molecule has 5 rings (SSSR count). The Balaban J connectivity index is 1.36. The number of rotatable bonds is 10. The van der Waals surface area contributed by atoms with E-state index in [-0.39, 0.29) is 26.5 Å². The summed E-state index contributed by atoms with van der Waals surface area (Å²) < 4.78 is 40.0. The standard InChI is InChI=1S/C37H25Cl3F3N3O3S/c38-28-19-14-25(37(41,42)43)21-30(28)45-36(49)33(22-8-3-1-4-9-22)50-27-17-15-26(16-18-27)44-35(48)31(20-24-12-7-13-29(39)32(24)40)46-34(47)23-10-5-2-6-11-23/h1-21,33H,(H,44,48)(H,45,49)(H,46,47)/b31-20-. The Morgan fingerprint density at radius 3 is 2.04 bits per heavy atom. The molecule has 5 aromatic rings. The molecule has 0 fully saturated rings. The first-order valence-electron chi connectivity index (χ1n) is 14.7. The summed E-state index contributed by atoms with van der Waals surface area (Å²) in [6.07, 6.45) is -3.21. The largest absolute Gasteiger partial charge is 0.416 e. The minimum Gasteiger partial charge on any atom is -0.323 e. The third-order valence-corrected chi connectivity index (χ3v) is 9.50. The van der Waals surface area contributed by atoms with Gasteiger partial charge in [0.15, 0.2) is 0 Å². The number of hydrogen-bond donors (Lipinski definition) is 3. The second kappa shape index (κ2) is 16.3. The molecule has 0 aromatic heterocycles. The van der Waals surface area contributed by atoms with E-state index in [1.807, 2.05) is 0 Å². The van der Waals surface area contributed by atoms with Crippen LogP contribution >= 0.6 is 46.6 Å². The quantitative estimate of drug-likeness (QED) is 0.0979. The molecule has 13 heteroatoms. The molecule has 254 valence electrons. The molecule has 0 spiro atoms. The second-order valence-electron chi connectivity index (χ2n) is 10.6. The van der Waals surface area contributed by atoms with Crippen LogP contribution in [0.2, 0.25) is 15.1 Å². The molecule has 0 aliphatic carbocycles. The Hall–Kier alpha value is -4.74. The van der Waals surface area contributed by atoms with E-state index in [2.05, 4.69) is 16.0 Å². The highest BCUT2D eigenvalue weighted by Crippen LogP contribution is 2.39. The summed E-state index contributed by atoms with van der Waals surface area (Å²) in [6.45, 7) is 0. The van der Waals surface area contributed by atoms with Gasteiger partial charge >= 0.3 is 6.18 Å². The Bertz CT molecular complexity index is 2050. The van der Waals surface area contributed by atoms with Crippen LogP contribution in [0.4, 0.5) is 24.5 Å². The van der Waals surface area contributed by atoms with Crippen LogP contribution in [-0.2, 0) is 15.8 Å². The van der Waals surface area contributed by atoms with Crippen molar-refractivity contribution in [3.63, 3.8) is 0 Å². The first kappa shape index (κ1) is 36.5. The van der Waals surface area contributed by atoms with Gasteiger partial charge in [-0.1, -0.05) is 95.5 Å². The molecule has 50 heavy (non-hydrogen) atoms. The minimum atomic E-state index is -4.62. The predicted octanol–water partition coefficient (Wildman–Crippen LogP) is 10.5. The molecule has 0 aliphatic rings. The van der Waals surface area contributed by atoms with Gasteiger partial charge in [-0.2, -0.15) is 13.2 Å². The molecule has 6 nitrogen and oxygen atoms in total. The van der Waals surface area contributed by atoms with Crippen LogP contribution in [0.1, 0.15) is 32.3 Å². The number of nitrogens with one attached hydrogen (secondary N) is 3.